The number of nitrogens with zero attached hydrogens (tertiary/aromatic N) is 1. The lowest BCUT2D eigenvalue weighted by molar-refractivity contribution is 1.33. The Labute approximate surface area is 75.7 Å². The molecule has 0 saturated heterocycles. The molecular weight excluding hydrogens is 166 g/mol. The number of thiophene rings is 1. The Morgan fingerprint density at radius 2 is 2.25 bits per heavy atom. The molecule has 0 aliphatic rings. The van der Waals surface area contributed by atoms with Crippen LogP contribution < -0.4 is 0 Å². The first-order valence-electron chi connectivity index (χ1n) is 3.75. The van der Waals surface area contributed by atoms with E-state index in [1.165, 1.54) is 9.75 Å². The molecule has 0 fully saturated rings. The minimum absolute atomic E-state index is 1.03. The average Bonchev–Trinajstić information content (AvgIpc) is 2.54. The van der Waals surface area contributed by atoms with Gasteiger partial charge in [-0.2, -0.15) is 0 Å². The minimum atomic E-state index is 1.03. The molecule has 0 N–H and O–H groups in total. The fraction of sp³-hybridized carbons (Fsp3) is 0.100. The van der Waals surface area contributed by atoms with Crippen LogP contribution in [0, 0.1) is 13.0 Å². The molecule has 0 saturated carbocycles. The Balaban J connectivity index is 2.45. The van der Waals surface area contributed by atoms with Crippen LogP contribution in [-0.4, -0.2) is 4.98 Å². The summed E-state index contributed by atoms with van der Waals surface area (Å²) >= 11 is 1.76. The maximum Gasteiger partial charge on any atom is 0.0802 e. The third kappa shape index (κ3) is 1.38. The first-order valence-corrected chi connectivity index (χ1v) is 4.57. The number of pyridine rings is 1. The molecule has 0 unspecified atom stereocenters. The highest BCUT2D eigenvalue weighted by molar-refractivity contribution is 7.15. The summed E-state index contributed by atoms with van der Waals surface area (Å²) in [7, 11) is 0. The van der Waals surface area contributed by atoms with Gasteiger partial charge in [-0.1, -0.05) is 6.07 Å². The van der Waals surface area contributed by atoms with Crippen molar-refractivity contribution in [2.24, 2.45) is 0 Å². The van der Waals surface area contributed by atoms with Crippen LogP contribution in [0.2, 0.25) is 0 Å². The summed E-state index contributed by atoms with van der Waals surface area (Å²) in [5.74, 6) is 0. The quantitative estimate of drug-likeness (QED) is 0.647. The van der Waals surface area contributed by atoms with Gasteiger partial charge in [-0.05, 0) is 25.1 Å². The third-order valence-corrected chi connectivity index (χ3v) is 2.63. The predicted octanol–water partition coefficient (Wildman–Crippen LogP) is 2.92. The molecule has 2 aromatic heterocycles. The van der Waals surface area contributed by atoms with Crippen LogP contribution in [0.5, 0.6) is 0 Å². The summed E-state index contributed by atoms with van der Waals surface area (Å²) in [4.78, 5) is 6.76. The molecule has 0 amide bonds. The van der Waals surface area contributed by atoms with Crippen LogP contribution in [0.1, 0.15) is 4.88 Å². The van der Waals surface area contributed by atoms with Gasteiger partial charge in [0.25, 0.3) is 0 Å². The van der Waals surface area contributed by atoms with Crippen molar-refractivity contribution in [3.8, 4) is 10.6 Å². The zero-order valence-corrected chi connectivity index (χ0v) is 7.56. The van der Waals surface area contributed by atoms with E-state index in [1.54, 1.807) is 17.5 Å². The largest absolute Gasteiger partial charge is 0.255 e. The second-order valence-corrected chi connectivity index (χ2v) is 3.84. The lowest BCUT2D eigenvalue weighted by Gasteiger charge is -1.92. The average molecular weight is 174 g/mol. The smallest absolute Gasteiger partial charge is 0.0802 e. The van der Waals surface area contributed by atoms with Gasteiger partial charge in [-0.15, -0.1) is 11.3 Å². The van der Waals surface area contributed by atoms with Crippen LogP contribution in [0.25, 0.3) is 10.6 Å². The van der Waals surface area contributed by atoms with E-state index in [0.29, 0.717) is 0 Å². The minimum Gasteiger partial charge on any atom is -0.255 e. The maximum atomic E-state index is 4.22. The Hall–Kier alpha value is -1.15. The molecule has 1 radical (unpaired) electrons. The summed E-state index contributed by atoms with van der Waals surface area (Å²) < 4.78 is 0. The Morgan fingerprint density at radius 3 is 2.83 bits per heavy atom. The van der Waals surface area contributed by atoms with Gasteiger partial charge >= 0.3 is 0 Å². The van der Waals surface area contributed by atoms with Crippen LogP contribution in [0.4, 0.5) is 0 Å². The number of hydrogen-bond donors (Lipinski definition) is 0. The molecule has 2 heteroatoms. The van der Waals surface area contributed by atoms with Crippen molar-refractivity contribution in [3.63, 3.8) is 0 Å². The third-order valence-electron chi connectivity index (χ3n) is 1.61. The normalized spacial score (nSPS) is 10.1. The maximum absolute atomic E-state index is 4.22. The van der Waals surface area contributed by atoms with Crippen molar-refractivity contribution in [2.75, 3.05) is 0 Å². The molecule has 0 spiro atoms. The SMILES string of the molecule is Cc1ccc(-c2cc[c]cn2)s1. The van der Waals surface area contributed by atoms with Gasteiger partial charge < -0.3 is 0 Å². The fourth-order valence-electron chi connectivity index (χ4n) is 1.04. The van der Waals surface area contributed by atoms with E-state index in [0.717, 1.165) is 5.69 Å². The number of hydrogen-bond acceptors (Lipinski definition) is 2. The van der Waals surface area contributed by atoms with Crippen molar-refractivity contribution in [2.45, 2.75) is 6.92 Å². The first kappa shape index (κ1) is 7.50. The van der Waals surface area contributed by atoms with Crippen LogP contribution >= 0.6 is 11.3 Å². The molecule has 2 rings (SSSR count). The number of rotatable bonds is 1. The van der Waals surface area contributed by atoms with Gasteiger partial charge in [0.15, 0.2) is 0 Å². The Morgan fingerprint density at radius 1 is 1.33 bits per heavy atom. The van der Waals surface area contributed by atoms with E-state index < -0.39 is 0 Å². The highest BCUT2D eigenvalue weighted by Gasteiger charge is 1.99. The van der Waals surface area contributed by atoms with Crippen molar-refractivity contribution in [1.29, 1.82) is 0 Å². The highest BCUT2D eigenvalue weighted by Crippen LogP contribution is 2.25. The molecule has 12 heavy (non-hydrogen) atoms. The van der Waals surface area contributed by atoms with Crippen molar-refractivity contribution in [3.05, 3.63) is 41.4 Å². The molecular formula is C10H8NS. The molecule has 2 aromatic rings. The van der Waals surface area contributed by atoms with E-state index in [9.17, 15) is 0 Å². The van der Waals surface area contributed by atoms with Gasteiger partial charge in [0.2, 0.25) is 0 Å². The predicted molar refractivity (Wildman–Crippen MR) is 51.1 cm³/mol. The van der Waals surface area contributed by atoms with Crippen LogP contribution in [-0.2, 0) is 0 Å². The summed E-state index contributed by atoms with van der Waals surface area (Å²) in [6.45, 7) is 2.10. The van der Waals surface area contributed by atoms with Crippen molar-refractivity contribution >= 4 is 11.3 Å². The van der Waals surface area contributed by atoms with Crippen LogP contribution in [0.15, 0.2) is 30.5 Å². The highest BCUT2D eigenvalue weighted by atomic mass is 32.1. The molecule has 0 aliphatic heterocycles. The summed E-state index contributed by atoms with van der Waals surface area (Å²) in [5.41, 5.74) is 1.03. The van der Waals surface area contributed by atoms with Gasteiger partial charge in [-0.3, -0.25) is 4.98 Å². The van der Waals surface area contributed by atoms with E-state index in [2.05, 4.69) is 30.1 Å². The molecule has 0 bridgehead atoms. The van der Waals surface area contributed by atoms with Crippen molar-refractivity contribution < 1.29 is 0 Å². The van der Waals surface area contributed by atoms with Gasteiger partial charge in [0.05, 0.1) is 10.6 Å². The second-order valence-electron chi connectivity index (χ2n) is 2.55. The molecule has 59 valence electrons. The zero-order valence-electron chi connectivity index (χ0n) is 6.74. The second kappa shape index (κ2) is 3.07. The molecule has 1 nitrogen and oxygen atoms in total. The van der Waals surface area contributed by atoms with Crippen LogP contribution in [0.3, 0.4) is 0 Å². The molecule has 0 aliphatic carbocycles. The Kier molecular flexibility index (Phi) is 1.92. The van der Waals surface area contributed by atoms with E-state index in [4.69, 9.17) is 0 Å². The van der Waals surface area contributed by atoms with Gasteiger partial charge in [0.1, 0.15) is 0 Å². The fourth-order valence-corrected chi connectivity index (χ4v) is 1.88. The van der Waals surface area contributed by atoms with Gasteiger partial charge in [-0.25, -0.2) is 0 Å². The molecule has 0 aromatic carbocycles. The standard InChI is InChI=1S/C10H8NS/c1-8-5-6-10(12-8)9-4-2-3-7-11-9/h2,4-7H,1H3. The molecule has 0 atom stereocenters. The topological polar surface area (TPSA) is 12.9 Å². The first-order chi connectivity index (χ1) is 5.86. The monoisotopic (exact) mass is 174 g/mol. The summed E-state index contributed by atoms with van der Waals surface area (Å²) in [6.07, 6.45) is 1.70. The summed E-state index contributed by atoms with van der Waals surface area (Å²) in [6, 6.07) is 11.0. The summed E-state index contributed by atoms with van der Waals surface area (Å²) in [5, 5.41) is 0. The molecule has 2 heterocycles. The van der Waals surface area contributed by atoms with Gasteiger partial charge in [0, 0.05) is 17.1 Å². The Bertz CT molecular complexity index is 364. The van der Waals surface area contributed by atoms with E-state index in [1.807, 2.05) is 12.1 Å². The van der Waals surface area contributed by atoms with E-state index in [-0.39, 0.29) is 0 Å². The lowest BCUT2D eigenvalue weighted by Crippen LogP contribution is -1.75. The van der Waals surface area contributed by atoms with Crippen molar-refractivity contribution in [1.82, 2.24) is 4.98 Å². The number of aromatic nitrogens is 1. The van der Waals surface area contributed by atoms with E-state index >= 15 is 0 Å². The lowest BCUT2D eigenvalue weighted by atomic mass is 10.3. The number of aryl methyl sites for hydroxylation is 1. The zero-order chi connectivity index (χ0) is 8.39.